The summed E-state index contributed by atoms with van der Waals surface area (Å²) >= 11 is 0. The third-order valence-electron chi connectivity index (χ3n) is 4.01. The Morgan fingerprint density at radius 2 is 1.50 bits per heavy atom. The molecule has 2 aromatic carbocycles. The van der Waals surface area contributed by atoms with Gasteiger partial charge >= 0.3 is 0 Å². The Hall–Kier alpha value is -3.65. The second kappa shape index (κ2) is 9.33. The minimum Gasteiger partial charge on any atom is -0.400 e. The van der Waals surface area contributed by atoms with Crippen LogP contribution in [-0.2, 0) is 20.8 Å². The number of para-hydroxylation sites is 1. The van der Waals surface area contributed by atoms with Crippen LogP contribution in [0.15, 0.2) is 72.1 Å². The molecule has 7 N–H and O–H groups in total. The SMILES string of the molecule is C/C(N)=C(\C(=O)NC(Cc1ccccc1)C(=O)C(N)=O)N(N)c1ccccc1. The number of Topliss-reactive ketones (excluding diaryl/α,β-unsaturated/α-hetero) is 1. The monoisotopic (exact) mass is 381 g/mol. The van der Waals surface area contributed by atoms with E-state index in [1.165, 1.54) is 6.92 Å². The van der Waals surface area contributed by atoms with E-state index in [0.29, 0.717) is 5.69 Å². The molecular formula is C20H23N5O3. The van der Waals surface area contributed by atoms with Gasteiger partial charge in [0.15, 0.2) is 0 Å². The zero-order valence-corrected chi connectivity index (χ0v) is 15.5. The van der Waals surface area contributed by atoms with Crippen molar-refractivity contribution in [1.82, 2.24) is 5.32 Å². The highest BCUT2D eigenvalue weighted by molar-refractivity contribution is 6.38. The molecule has 0 heterocycles. The molecule has 28 heavy (non-hydrogen) atoms. The second-order valence-corrected chi connectivity index (χ2v) is 6.18. The van der Waals surface area contributed by atoms with Gasteiger partial charge in [0.1, 0.15) is 11.7 Å². The van der Waals surface area contributed by atoms with Gasteiger partial charge in [0.25, 0.3) is 11.8 Å². The molecule has 8 heteroatoms. The van der Waals surface area contributed by atoms with Crippen LogP contribution in [0.3, 0.4) is 0 Å². The van der Waals surface area contributed by atoms with E-state index in [2.05, 4.69) is 5.32 Å². The summed E-state index contributed by atoms with van der Waals surface area (Å²) < 4.78 is 0. The van der Waals surface area contributed by atoms with Gasteiger partial charge in [-0.15, -0.1) is 0 Å². The number of primary amides is 1. The van der Waals surface area contributed by atoms with Crippen molar-refractivity contribution in [2.24, 2.45) is 17.3 Å². The molecule has 0 aromatic heterocycles. The largest absolute Gasteiger partial charge is 0.400 e. The van der Waals surface area contributed by atoms with Crippen molar-refractivity contribution in [3.63, 3.8) is 0 Å². The van der Waals surface area contributed by atoms with Crippen molar-refractivity contribution >= 4 is 23.3 Å². The lowest BCUT2D eigenvalue weighted by Gasteiger charge is -2.24. The molecule has 0 spiro atoms. The first-order chi connectivity index (χ1) is 13.3. The number of hydrazine groups is 1. The number of nitrogens with two attached hydrogens (primary N) is 3. The summed E-state index contributed by atoms with van der Waals surface area (Å²) in [6, 6.07) is 16.5. The minimum atomic E-state index is -1.15. The molecule has 0 aliphatic heterocycles. The number of hydrogen-bond acceptors (Lipinski definition) is 6. The average Bonchev–Trinajstić information content (AvgIpc) is 2.68. The van der Waals surface area contributed by atoms with E-state index in [0.717, 1.165) is 10.6 Å². The quantitative estimate of drug-likeness (QED) is 0.225. The Balaban J connectivity index is 2.28. The number of ketones is 1. The number of nitrogens with one attached hydrogen (secondary N) is 1. The van der Waals surface area contributed by atoms with Crippen LogP contribution in [-0.4, -0.2) is 23.6 Å². The maximum atomic E-state index is 12.9. The minimum absolute atomic E-state index is 0.0402. The summed E-state index contributed by atoms with van der Waals surface area (Å²) in [6.45, 7) is 1.51. The maximum Gasteiger partial charge on any atom is 0.287 e. The van der Waals surface area contributed by atoms with Crippen molar-refractivity contribution in [3.05, 3.63) is 77.6 Å². The summed E-state index contributed by atoms with van der Waals surface area (Å²) in [5.74, 6) is 3.33. The summed E-state index contributed by atoms with van der Waals surface area (Å²) in [5, 5.41) is 3.65. The van der Waals surface area contributed by atoms with Crippen LogP contribution in [0.1, 0.15) is 12.5 Å². The molecule has 0 bridgehead atoms. The zero-order chi connectivity index (χ0) is 20.7. The normalized spacial score (nSPS) is 12.5. The van der Waals surface area contributed by atoms with Gasteiger partial charge in [0.2, 0.25) is 5.78 Å². The Kier molecular flexibility index (Phi) is 6.89. The fraction of sp³-hybridized carbons (Fsp3) is 0.150. The van der Waals surface area contributed by atoms with Crippen LogP contribution in [0, 0.1) is 0 Å². The number of rotatable bonds is 8. The van der Waals surface area contributed by atoms with Crippen LogP contribution in [0.2, 0.25) is 0 Å². The van der Waals surface area contributed by atoms with Crippen LogP contribution < -0.4 is 27.6 Å². The van der Waals surface area contributed by atoms with Gasteiger partial charge in [0, 0.05) is 12.1 Å². The van der Waals surface area contributed by atoms with Crippen molar-refractivity contribution in [3.8, 4) is 0 Å². The van der Waals surface area contributed by atoms with E-state index in [1.54, 1.807) is 54.6 Å². The third-order valence-corrected chi connectivity index (χ3v) is 4.01. The van der Waals surface area contributed by atoms with Gasteiger partial charge in [-0.3, -0.25) is 19.4 Å². The Labute approximate surface area is 163 Å². The van der Waals surface area contributed by atoms with Crippen LogP contribution in [0.4, 0.5) is 5.69 Å². The van der Waals surface area contributed by atoms with Gasteiger partial charge < -0.3 is 16.8 Å². The average molecular weight is 381 g/mol. The second-order valence-electron chi connectivity index (χ2n) is 6.18. The first kappa shape index (κ1) is 20.7. The van der Waals surface area contributed by atoms with Crippen molar-refractivity contribution in [2.75, 3.05) is 5.01 Å². The highest BCUT2D eigenvalue weighted by Crippen LogP contribution is 2.16. The molecule has 146 valence electrons. The molecule has 2 amide bonds. The highest BCUT2D eigenvalue weighted by atomic mass is 16.2. The fourth-order valence-corrected chi connectivity index (χ4v) is 2.65. The molecule has 1 atom stereocenters. The number of benzene rings is 2. The first-order valence-corrected chi connectivity index (χ1v) is 8.56. The third kappa shape index (κ3) is 5.18. The van der Waals surface area contributed by atoms with Crippen molar-refractivity contribution in [1.29, 1.82) is 0 Å². The summed E-state index contributed by atoms with van der Waals surface area (Å²) in [4.78, 5) is 36.5. The summed E-state index contributed by atoms with van der Waals surface area (Å²) in [5.41, 5.74) is 12.4. The molecule has 2 rings (SSSR count). The molecule has 1 unspecified atom stereocenters. The Bertz CT molecular complexity index is 877. The summed E-state index contributed by atoms with van der Waals surface area (Å²) in [7, 11) is 0. The topological polar surface area (TPSA) is 145 Å². The number of amides is 2. The zero-order valence-electron chi connectivity index (χ0n) is 15.5. The fourth-order valence-electron chi connectivity index (χ4n) is 2.65. The Morgan fingerprint density at radius 1 is 0.964 bits per heavy atom. The predicted octanol–water partition coefficient (Wildman–Crippen LogP) is 0.339. The summed E-state index contributed by atoms with van der Waals surface area (Å²) in [6.07, 6.45) is 0.0984. The maximum absolute atomic E-state index is 12.9. The van der Waals surface area contributed by atoms with E-state index in [1.807, 2.05) is 6.07 Å². The van der Waals surface area contributed by atoms with Crippen molar-refractivity contribution < 1.29 is 14.4 Å². The number of allylic oxidation sites excluding steroid dienone is 1. The molecule has 0 aliphatic carbocycles. The van der Waals surface area contributed by atoms with Gasteiger partial charge in [-0.1, -0.05) is 48.5 Å². The van der Waals surface area contributed by atoms with E-state index in [-0.39, 0.29) is 17.8 Å². The molecule has 8 nitrogen and oxygen atoms in total. The molecule has 2 aromatic rings. The molecular weight excluding hydrogens is 358 g/mol. The number of nitrogens with zero attached hydrogens (tertiary/aromatic N) is 1. The number of anilines is 1. The van der Waals surface area contributed by atoms with E-state index < -0.39 is 23.6 Å². The predicted molar refractivity (Wildman–Crippen MR) is 106 cm³/mol. The number of carbonyl (C=O) groups is 3. The van der Waals surface area contributed by atoms with Crippen LogP contribution in [0.5, 0.6) is 0 Å². The lowest BCUT2D eigenvalue weighted by molar-refractivity contribution is -0.138. The van der Waals surface area contributed by atoms with E-state index in [9.17, 15) is 14.4 Å². The molecule has 0 saturated heterocycles. The van der Waals surface area contributed by atoms with Gasteiger partial charge in [-0.25, -0.2) is 5.84 Å². The number of hydrogen-bond donors (Lipinski definition) is 4. The molecule has 0 aliphatic rings. The van der Waals surface area contributed by atoms with Gasteiger partial charge in [0.05, 0.1) is 5.69 Å². The molecule has 0 radical (unpaired) electrons. The van der Waals surface area contributed by atoms with E-state index in [4.69, 9.17) is 17.3 Å². The van der Waals surface area contributed by atoms with Gasteiger partial charge in [-0.2, -0.15) is 0 Å². The van der Waals surface area contributed by atoms with Gasteiger partial charge in [-0.05, 0) is 24.6 Å². The lowest BCUT2D eigenvalue weighted by Crippen LogP contribution is -2.50. The van der Waals surface area contributed by atoms with E-state index >= 15 is 0 Å². The molecule has 0 fully saturated rings. The molecule has 0 saturated carbocycles. The van der Waals surface area contributed by atoms with Crippen LogP contribution in [0.25, 0.3) is 0 Å². The van der Waals surface area contributed by atoms with Crippen LogP contribution >= 0.6 is 0 Å². The Morgan fingerprint density at radius 3 is 2.00 bits per heavy atom. The highest BCUT2D eigenvalue weighted by Gasteiger charge is 2.28. The smallest absolute Gasteiger partial charge is 0.287 e. The first-order valence-electron chi connectivity index (χ1n) is 8.56. The lowest BCUT2D eigenvalue weighted by atomic mass is 10.0. The van der Waals surface area contributed by atoms with Crippen molar-refractivity contribution in [2.45, 2.75) is 19.4 Å². The number of carbonyl (C=O) groups excluding carboxylic acids is 3. The standard InChI is InChI=1S/C20H23N5O3/c1-13(21)17(25(23)15-10-6-3-7-11-15)20(28)24-16(18(26)19(22)27)12-14-8-4-2-5-9-14/h2-11,16H,12,21,23H2,1H3,(H2,22,27)(H,24,28)/b17-13-.